The molecule has 3 heterocycles. The molecule has 5 rings (SSSR count). The fraction of sp³-hybridized carbons (Fsp3) is 0.414. The molecule has 0 bridgehead atoms. The van der Waals surface area contributed by atoms with Crippen molar-refractivity contribution in [3.8, 4) is 22.9 Å². The van der Waals surface area contributed by atoms with Gasteiger partial charge in [0.25, 0.3) is 5.91 Å². The Kier molecular flexibility index (Phi) is 7.18. The quantitative estimate of drug-likeness (QED) is 0.428. The SMILES string of the molecule is CCOc1cc(CN2CCC(N3Cc4cc(OC)ccc4C3=O)CC2)cc(OCC)c1-n1cccc1. The van der Waals surface area contributed by atoms with E-state index < -0.39 is 0 Å². The van der Waals surface area contributed by atoms with E-state index in [0.29, 0.717) is 19.8 Å². The average molecular weight is 490 g/mol. The number of aromatic nitrogens is 1. The van der Waals surface area contributed by atoms with Crippen LogP contribution in [0, 0.1) is 0 Å². The molecule has 2 aromatic carbocycles. The zero-order valence-corrected chi connectivity index (χ0v) is 21.4. The highest BCUT2D eigenvalue weighted by atomic mass is 16.5. The van der Waals surface area contributed by atoms with Gasteiger partial charge in [-0.05, 0) is 80.3 Å². The Morgan fingerprint density at radius 3 is 2.22 bits per heavy atom. The Hall–Kier alpha value is -3.45. The molecule has 36 heavy (non-hydrogen) atoms. The standard InChI is InChI=1S/C29H35N3O4/c1-4-35-26-16-21(17-27(36-5-2)28(26)31-12-6-7-13-31)19-30-14-10-23(11-15-30)32-20-22-18-24(34-3)8-9-25(22)29(32)33/h6-9,12-13,16-18,23H,4-5,10-11,14-15,19-20H2,1-3H3. The second kappa shape index (κ2) is 10.7. The number of piperidine rings is 1. The van der Waals surface area contributed by atoms with Crippen LogP contribution in [0.25, 0.3) is 5.69 Å². The summed E-state index contributed by atoms with van der Waals surface area (Å²) >= 11 is 0. The number of hydrogen-bond acceptors (Lipinski definition) is 5. The molecule has 0 saturated carbocycles. The molecule has 0 spiro atoms. The number of carbonyl (C=O) groups excluding carboxylic acids is 1. The number of fused-ring (bicyclic) bond motifs is 1. The maximum Gasteiger partial charge on any atom is 0.254 e. The highest BCUT2D eigenvalue weighted by Crippen LogP contribution is 2.36. The van der Waals surface area contributed by atoms with E-state index in [9.17, 15) is 4.79 Å². The molecule has 7 heteroatoms. The van der Waals surface area contributed by atoms with Crippen LogP contribution in [0.5, 0.6) is 17.2 Å². The van der Waals surface area contributed by atoms with Crippen LogP contribution in [-0.4, -0.2) is 59.7 Å². The van der Waals surface area contributed by atoms with Gasteiger partial charge < -0.3 is 23.7 Å². The summed E-state index contributed by atoms with van der Waals surface area (Å²) in [6, 6.07) is 14.3. The van der Waals surface area contributed by atoms with Gasteiger partial charge in [0.1, 0.15) is 22.9 Å². The predicted molar refractivity (Wildman–Crippen MR) is 139 cm³/mol. The lowest BCUT2D eigenvalue weighted by Crippen LogP contribution is -2.44. The van der Waals surface area contributed by atoms with E-state index in [4.69, 9.17) is 14.2 Å². The zero-order valence-electron chi connectivity index (χ0n) is 21.4. The zero-order chi connectivity index (χ0) is 25.1. The fourth-order valence-corrected chi connectivity index (χ4v) is 5.39. The monoisotopic (exact) mass is 489 g/mol. The van der Waals surface area contributed by atoms with Gasteiger partial charge in [-0.1, -0.05) is 0 Å². The first-order chi connectivity index (χ1) is 17.6. The largest absolute Gasteiger partial charge is 0.497 e. The van der Waals surface area contributed by atoms with Crippen molar-refractivity contribution >= 4 is 5.91 Å². The molecule has 1 saturated heterocycles. The Bertz CT molecular complexity index is 1170. The van der Waals surface area contributed by atoms with Crippen LogP contribution in [0.1, 0.15) is 48.2 Å². The van der Waals surface area contributed by atoms with Gasteiger partial charge in [-0.15, -0.1) is 0 Å². The van der Waals surface area contributed by atoms with E-state index in [-0.39, 0.29) is 11.9 Å². The molecule has 0 N–H and O–H groups in total. The van der Waals surface area contributed by atoms with Crippen molar-refractivity contribution in [2.24, 2.45) is 0 Å². The van der Waals surface area contributed by atoms with Gasteiger partial charge in [-0.25, -0.2) is 0 Å². The maximum atomic E-state index is 13.0. The summed E-state index contributed by atoms with van der Waals surface area (Å²) < 4.78 is 19.5. The van der Waals surface area contributed by atoms with Gasteiger partial charge in [0.15, 0.2) is 0 Å². The number of hydrogen-bond donors (Lipinski definition) is 0. The molecule has 0 atom stereocenters. The van der Waals surface area contributed by atoms with E-state index in [1.807, 2.05) is 66.0 Å². The minimum Gasteiger partial charge on any atom is -0.497 e. The first-order valence-electron chi connectivity index (χ1n) is 12.9. The lowest BCUT2D eigenvalue weighted by Gasteiger charge is -2.36. The summed E-state index contributed by atoms with van der Waals surface area (Å²) in [5.74, 6) is 2.62. The fourth-order valence-electron chi connectivity index (χ4n) is 5.39. The van der Waals surface area contributed by atoms with Gasteiger partial charge in [-0.2, -0.15) is 0 Å². The summed E-state index contributed by atoms with van der Waals surface area (Å²) in [5.41, 5.74) is 3.99. The van der Waals surface area contributed by atoms with Crippen LogP contribution < -0.4 is 14.2 Å². The molecule has 0 aliphatic carbocycles. The minimum atomic E-state index is 0.148. The molecule has 3 aromatic rings. The first-order valence-corrected chi connectivity index (χ1v) is 12.9. The Morgan fingerprint density at radius 2 is 1.61 bits per heavy atom. The van der Waals surface area contributed by atoms with Gasteiger partial charge in [0, 0.05) is 50.2 Å². The lowest BCUT2D eigenvalue weighted by atomic mass is 10.0. The Labute approximate surface area is 213 Å². The molecule has 0 unspecified atom stereocenters. The van der Waals surface area contributed by atoms with Crippen molar-refractivity contribution in [2.75, 3.05) is 33.4 Å². The number of ether oxygens (including phenoxy) is 3. The number of amides is 1. The van der Waals surface area contributed by atoms with E-state index in [1.54, 1.807) is 7.11 Å². The lowest BCUT2D eigenvalue weighted by molar-refractivity contribution is 0.0590. The number of rotatable bonds is 9. The molecule has 2 aliphatic heterocycles. The molecule has 0 radical (unpaired) electrons. The van der Waals surface area contributed by atoms with E-state index in [2.05, 4.69) is 17.0 Å². The van der Waals surface area contributed by atoms with E-state index in [0.717, 1.165) is 66.5 Å². The average Bonchev–Trinajstić information content (AvgIpc) is 3.53. The molecule has 1 aromatic heterocycles. The molecule has 1 fully saturated rings. The molecule has 7 nitrogen and oxygen atoms in total. The highest BCUT2D eigenvalue weighted by molar-refractivity contribution is 5.98. The number of likely N-dealkylation sites (tertiary alicyclic amines) is 1. The van der Waals surface area contributed by atoms with Crippen LogP contribution in [0.15, 0.2) is 54.9 Å². The van der Waals surface area contributed by atoms with Crippen molar-refractivity contribution in [3.63, 3.8) is 0 Å². The van der Waals surface area contributed by atoms with Crippen molar-refractivity contribution in [2.45, 2.75) is 45.8 Å². The van der Waals surface area contributed by atoms with Crippen LogP contribution >= 0.6 is 0 Å². The van der Waals surface area contributed by atoms with Crippen molar-refractivity contribution in [3.05, 3.63) is 71.5 Å². The number of carbonyl (C=O) groups is 1. The Balaban J connectivity index is 1.27. The number of nitrogens with zero attached hydrogens (tertiary/aromatic N) is 3. The first kappa shape index (κ1) is 24.3. The van der Waals surface area contributed by atoms with Crippen LogP contribution in [0.4, 0.5) is 0 Å². The molecule has 1 amide bonds. The highest BCUT2D eigenvalue weighted by Gasteiger charge is 2.34. The minimum absolute atomic E-state index is 0.148. The normalized spacial score (nSPS) is 16.3. The van der Waals surface area contributed by atoms with E-state index in [1.165, 1.54) is 5.56 Å². The molecule has 190 valence electrons. The third-order valence-electron chi connectivity index (χ3n) is 7.11. The van der Waals surface area contributed by atoms with Crippen LogP contribution in [0.2, 0.25) is 0 Å². The van der Waals surface area contributed by atoms with Gasteiger partial charge in [0.2, 0.25) is 0 Å². The van der Waals surface area contributed by atoms with E-state index >= 15 is 0 Å². The Morgan fingerprint density at radius 1 is 0.944 bits per heavy atom. The van der Waals surface area contributed by atoms with Crippen LogP contribution in [-0.2, 0) is 13.1 Å². The second-order valence-electron chi connectivity index (χ2n) is 9.36. The van der Waals surface area contributed by atoms with Gasteiger partial charge >= 0.3 is 0 Å². The summed E-state index contributed by atoms with van der Waals surface area (Å²) in [6.07, 6.45) is 5.96. The van der Waals surface area contributed by atoms with Gasteiger partial charge in [0.05, 0.1) is 20.3 Å². The third kappa shape index (κ3) is 4.80. The summed E-state index contributed by atoms with van der Waals surface area (Å²) in [7, 11) is 1.66. The molecular weight excluding hydrogens is 454 g/mol. The summed E-state index contributed by atoms with van der Waals surface area (Å²) in [5, 5.41) is 0. The molecule has 2 aliphatic rings. The van der Waals surface area contributed by atoms with Crippen molar-refractivity contribution in [1.29, 1.82) is 0 Å². The van der Waals surface area contributed by atoms with Crippen LogP contribution in [0.3, 0.4) is 0 Å². The van der Waals surface area contributed by atoms with Gasteiger partial charge in [-0.3, -0.25) is 9.69 Å². The second-order valence-corrected chi connectivity index (χ2v) is 9.36. The molecular formula is C29H35N3O4. The van der Waals surface area contributed by atoms with Crippen molar-refractivity contribution in [1.82, 2.24) is 14.4 Å². The van der Waals surface area contributed by atoms with Crippen molar-refractivity contribution < 1.29 is 19.0 Å². The smallest absolute Gasteiger partial charge is 0.254 e. The topological polar surface area (TPSA) is 56.2 Å². The maximum absolute atomic E-state index is 13.0. The number of benzene rings is 2. The summed E-state index contributed by atoms with van der Waals surface area (Å²) in [4.78, 5) is 17.5. The third-order valence-corrected chi connectivity index (χ3v) is 7.11. The number of methoxy groups -OCH3 is 1. The predicted octanol–water partition coefficient (Wildman–Crippen LogP) is 4.90. The summed E-state index contributed by atoms with van der Waals surface area (Å²) in [6.45, 7) is 8.58.